The van der Waals surface area contributed by atoms with Gasteiger partial charge in [-0.2, -0.15) is 0 Å². The Kier molecular flexibility index (Phi) is 4.06. The molecule has 1 aliphatic rings. The highest BCUT2D eigenvalue weighted by Gasteiger charge is 2.40. The third-order valence-corrected chi connectivity index (χ3v) is 3.68. The molecule has 1 aromatic carbocycles. The normalized spacial score (nSPS) is 22.1. The Morgan fingerprint density at radius 3 is 2.45 bits per heavy atom. The van der Waals surface area contributed by atoms with Gasteiger partial charge in [-0.25, -0.2) is 5.43 Å². The van der Waals surface area contributed by atoms with E-state index in [1.807, 2.05) is 30.1 Å². The Labute approximate surface area is 125 Å². The molecule has 0 unspecified atom stereocenters. The van der Waals surface area contributed by atoms with E-state index in [4.69, 9.17) is 21.7 Å². The van der Waals surface area contributed by atoms with Crippen LogP contribution in [0.1, 0.15) is 26.3 Å². The van der Waals surface area contributed by atoms with E-state index in [-0.39, 0.29) is 6.04 Å². The second-order valence-electron chi connectivity index (χ2n) is 5.20. The number of hydrogen-bond acceptors (Lipinski definition) is 4. The van der Waals surface area contributed by atoms with Crippen molar-refractivity contribution in [1.29, 1.82) is 0 Å². The van der Waals surface area contributed by atoms with Gasteiger partial charge in [0.05, 0.1) is 14.2 Å². The van der Waals surface area contributed by atoms with Crippen molar-refractivity contribution in [3.63, 3.8) is 0 Å². The first-order valence-corrected chi connectivity index (χ1v) is 6.94. The third kappa shape index (κ3) is 2.53. The van der Waals surface area contributed by atoms with Crippen LogP contribution in [0.3, 0.4) is 0 Å². The van der Waals surface area contributed by atoms with Crippen molar-refractivity contribution in [3.8, 4) is 11.5 Å². The lowest BCUT2D eigenvalue weighted by Gasteiger charge is -2.29. The van der Waals surface area contributed by atoms with Gasteiger partial charge in [0.25, 0.3) is 0 Å². The lowest BCUT2D eigenvalue weighted by molar-refractivity contribution is 0.199. The van der Waals surface area contributed by atoms with Gasteiger partial charge >= 0.3 is 0 Å². The van der Waals surface area contributed by atoms with E-state index in [1.165, 1.54) is 0 Å². The Bertz CT molecular complexity index is 521. The summed E-state index contributed by atoms with van der Waals surface area (Å²) in [7, 11) is 3.28. The van der Waals surface area contributed by atoms with E-state index >= 15 is 0 Å². The molecule has 0 radical (unpaired) electrons. The Hall–Kier alpha value is -1.53. The van der Waals surface area contributed by atoms with E-state index in [2.05, 4.69) is 24.6 Å². The summed E-state index contributed by atoms with van der Waals surface area (Å²) in [6, 6.07) is 6.02. The van der Waals surface area contributed by atoms with Crippen molar-refractivity contribution >= 4 is 17.3 Å². The van der Waals surface area contributed by atoms with Crippen LogP contribution in [0, 0.1) is 0 Å². The highest BCUT2D eigenvalue weighted by atomic mass is 32.1. The fourth-order valence-corrected chi connectivity index (χ4v) is 2.76. The smallest absolute Gasteiger partial charge is 0.185 e. The minimum atomic E-state index is -0.501. The summed E-state index contributed by atoms with van der Waals surface area (Å²) in [6.45, 7) is 6.20. The molecular weight excluding hydrogens is 274 g/mol. The molecule has 1 fully saturated rings. The second-order valence-corrected chi connectivity index (χ2v) is 5.58. The van der Waals surface area contributed by atoms with Crippen LogP contribution >= 0.6 is 12.2 Å². The molecule has 6 heteroatoms. The molecule has 20 heavy (non-hydrogen) atoms. The van der Waals surface area contributed by atoms with Gasteiger partial charge in [-0.15, -0.1) is 0 Å². The summed E-state index contributed by atoms with van der Waals surface area (Å²) in [4.78, 5) is 0. The first-order valence-electron chi connectivity index (χ1n) is 6.53. The monoisotopic (exact) mass is 295 g/mol. The molecular formula is C14H21N3O2S. The first-order chi connectivity index (χ1) is 9.41. The summed E-state index contributed by atoms with van der Waals surface area (Å²) < 4.78 is 10.7. The van der Waals surface area contributed by atoms with Crippen molar-refractivity contribution < 1.29 is 9.47 Å². The van der Waals surface area contributed by atoms with Gasteiger partial charge in [0.2, 0.25) is 0 Å². The first kappa shape index (κ1) is 14.9. The number of nitrogens with zero attached hydrogens (tertiary/aromatic N) is 1. The number of nitrogens with one attached hydrogen (secondary N) is 2. The third-order valence-electron chi connectivity index (χ3n) is 3.38. The van der Waals surface area contributed by atoms with Gasteiger partial charge in [0, 0.05) is 17.7 Å². The number of benzene rings is 1. The maximum absolute atomic E-state index is 5.47. The van der Waals surface area contributed by atoms with Gasteiger partial charge < -0.3 is 14.8 Å². The van der Waals surface area contributed by atoms with Crippen LogP contribution in [0.4, 0.5) is 0 Å². The topological polar surface area (TPSA) is 45.8 Å². The highest BCUT2D eigenvalue weighted by molar-refractivity contribution is 7.80. The summed E-state index contributed by atoms with van der Waals surface area (Å²) in [5.41, 5.74) is 3.88. The fourth-order valence-electron chi connectivity index (χ4n) is 2.30. The predicted molar refractivity (Wildman–Crippen MR) is 82.7 cm³/mol. The Balaban J connectivity index is 2.38. The van der Waals surface area contributed by atoms with Crippen LogP contribution in [-0.4, -0.2) is 30.4 Å². The van der Waals surface area contributed by atoms with Gasteiger partial charge in [0.15, 0.2) is 5.11 Å². The molecule has 0 saturated carbocycles. The van der Waals surface area contributed by atoms with Gasteiger partial charge in [0.1, 0.15) is 17.2 Å². The number of hydrazine groups is 1. The van der Waals surface area contributed by atoms with E-state index in [9.17, 15) is 0 Å². The minimum Gasteiger partial charge on any atom is -0.497 e. The van der Waals surface area contributed by atoms with Crippen LogP contribution < -0.4 is 20.2 Å². The van der Waals surface area contributed by atoms with E-state index in [0.717, 1.165) is 17.1 Å². The number of hydrogen-bond donors (Lipinski definition) is 2. The largest absolute Gasteiger partial charge is 0.497 e. The SMILES string of the molecule is COc1ccc([C@@]2(C)NC(=S)N(C(C)C)N2)c(OC)c1. The lowest BCUT2D eigenvalue weighted by Crippen LogP contribution is -2.47. The molecule has 1 heterocycles. The van der Waals surface area contributed by atoms with Gasteiger partial charge in [-0.05, 0) is 45.1 Å². The molecule has 5 nitrogen and oxygen atoms in total. The summed E-state index contributed by atoms with van der Waals surface area (Å²) in [6.07, 6.45) is 0. The molecule has 1 aliphatic heterocycles. The molecule has 2 rings (SSSR count). The fraction of sp³-hybridized carbons (Fsp3) is 0.500. The Morgan fingerprint density at radius 1 is 1.25 bits per heavy atom. The van der Waals surface area contributed by atoms with Crippen LogP contribution in [0.25, 0.3) is 0 Å². The van der Waals surface area contributed by atoms with Crippen LogP contribution in [0.2, 0.25) is 0 Å². The zero-order valence-corrected chi connectivity index (χ0v) is 13.3. The molecule has 0 bridgehead atoms. The molecule has 1 aromatic rings. The predicted octanol–water partition coefficient (Wildman–Crippen LogP) is 1.98. The lowest BCUT2D eigenvalue weighted by atomic mass is 10.0. The van der Waals surface area contributed by atoms with Crippen LogP contribution in [0.5, 0.6) is 11.5 Å². The summed E-state index contributed by atoms with van der Waals surface area (Å²) in [5.74, 6) is 1.51. The molecule has 1 atom stereocenters. The van der Waals surface area contributed by atoms with Crippen molar-refractivity contribution in [2.24, 2.45) is 0 Å². The molecule has 1 saturated heterocycles. The average Bonchev–Trinajstić information content (AvgIpc) is 2.74. The maximum Gasteiger partial charge on any atom is 0.185 e. The number of ether oxygens (including phenoxy) is 2. The van der Waals surface area contributed by atoms with Gasteiger partial charge in [-0.3, -0.25) is 5.01 Å². The number of rotatable bonds is 4. The molecule has 2 N–H and O–H groups in total. The zero-order chi connectivity index (χ0) is 14.9. The number of thiocarbonyl (C=S) groups is 1. The molecule has 0 amide bonds. The summed E-state index contributed by atoms with van der Waals surface area (Å²) >= 11 is 5.38. The molecule has 0 aliphatic carbocycles. The maximum atomic E-state index is 5.47. The minimum absolute atomic E-state index is 0.265. The van der Waals surface area contributed by atoms with Crippen LogP contribution in [-0.2, 0) is 5.66 Å². The number of methoxy groups -OCH3 is 2. The standard InChI is InChI=1S/C14H21N3O2S/c1-9(2)17-13(20)15-14(3,16-17)11-7-6-10(18-4)8-12(11)19-5/h6-9,16H,1-5H3,(H,15,20)/t14-/m0/s1. The van der Waals surface area contributed by atoms with Crippen LogP contribution in [0.15, 0.2) is 18.2 Å². The summed E-state index contributed by atoms with van der Waals surface area (Å²) in [5, 5.41) is 5.94. The quantitative estimate of drug-likeness (QED) is 0.828. The second kappa shape index (κ2) is 5.46. The van der Waals surface area contributed by atoms with Crippen molar-refractivity contribution in [2.45, 2.75) is 32.5 Å². The Morgan fingerprint density at radius 2 is 1.95 bits per heavy atom. The van der Waals surface area contributed by atoms with Crippen molar-refractivity contribution in [1.82, 2.24) is 15.8 Å². The van der Waals surface area contributed by atoms with Crippen molar-refractivity contribution in [3.05, 3.63) is 23.8 Å². The van der Waals surface area contributed by atoms with Crippen molar-refractivity contribution in [2.75, 3.05) is 14.2 Å². The van der Waals surface area contributed by atoms with E-state index in [0.29, 0.717) is 5.11 Å². The van der Waals surface area contributed by atoms with E-state index in [1.54, 1.807) is 14.2 Å². The van der Waals surface area contributed by atoms with Gasteiger partial charge in [-0.1, -0.05) is 0 Å². The molecule has 0 aromatic heterocycles. The molecule has 0 spiro atoms. The molecule has 110 valence electrons. The van der Waals surface area contributed by atoms with E-state index < -0.39 is 5.66 Å². The zero-order valence-electron chi connectivity index (χ0n) is 12.5. The highest BCUT2D eigenvalue weighted by Crippen LogP contribution is 2.34. The average molecular weight is 295 g/mol.